The Morgan fingerprint density at radius 1 is 1.06 bits per heavy atom. The average Bonchev–Trinajstić information content (AvgIpc) is 2.78. The highest BCUT2D eigenvalue weighted by Crippen LogP contribution is 2.25. The molecule has 0 saturated heterocycles. The van der Waals surface area contributed by atoms with Crippen LogP contribution in [-0.2, 0) is 4.74 Å². The van der Waals surface area contributed by atoms with Crippen LogP contribution < -0.4 is 9.91 Å². The Balaban J connectivity index is 2.52. The van der Waals surface area contributed by atoms with Crippen molar-refractivity contribution in [1.82, 2.24) is 5.01 Å². The van der Waals surface area contributed by atoms with Crippen LogP contribution in [0.1, 0.15) is 51.7 Å². The number of amides is 3. The highest BCUT2D eigenvalue weighted by Gasteiger charge is 2.34. The summed E-state index contributed by atoms with van der Waals surface area (Å²) in [5, 5.41) is 11.9. The van der Waals surface area contributed by atoms with Crippen molar-refractivity contribution in [1.29, 1.82) is 5.26 Å². The smallest absolute Gasteiger partial charge is 0.434 e. The van der Waals surface area contributed by atoms with Crippen LogP contribution in [0.25, 0.3) is 0 Å². The second kappa shape index (κ2) is 10.7. The molecule has 7 heteroatoms. The second-order valence-corrected chi connectivity index (χ2v) is 8.26. The Kier molecular flexibility index (Phi) is 8.25. The highest BCUT2D eigenvalue weighted by atomic mass is 16.6. The largest absolute Gasteiger partial charge is 0.442 e. The van der Waals surface area contributed by atoms with Crippen LogP contribution in [0.15, 0.2) is 48.5 Å². The van der Waals surface area contributed by atoms with E-state index < -0.39 is 11.7 Å². The maximum Gasteiger partial charge on any atom is 0.434 e. The summed E-state index contributed by atoms with van der Waals surface area (Å²) < 4.78 is 5.75. The Morgan fingerprint density at radius 2 is 1.72 bits per heavy atom. The number of rotatable bonds is 6. The van der Waals surface area contributed by atoms with Gasteiger partial charge in [-0.05, 0) is 63.9 Å². The van der Waals surface area contributed by atoms with Crippen molar-refractivity contribution in [3.63, 3.8) is 0 Å². The summed E-state index contributed by atoms with van der Waals surface area (Å²) in [6.45, 7) is 9.75. The van der Waals surface area contributed by atoms with Crippen molar-refractivity contribution in [2.75, 3.05) is 23.5 Å². The summed E-state index contributed by atoms with van der Waals surface area (Å²) in [4.78, 5) is 28.4. The first-order valence-electron chi connectivity index (χ1n) is 10.8. The number of aryl methyl sites for hydroxylation is 1. The van der Waals surface area contributed by atoms with Gasteiger partial charge < -0.3 is 4.74 Å². The third kappa shape index (κ3) is 6.01. The number of carbonyl (C=O) groups is 2. The number of hydrogen-bond acceptors (Lipinski definition) is 4. The first kappa shape index (κ1) is 24.7. The molecule has 2 aromatic carbocycles. The van der Waals surface area contributed by atoms with Crippen LogP contribution in [0, 0.1) is 18.3 Å². The lowest BCUT2D eigenvalue weighted by atomic mass is 10.1. The molecule has 32 heavy (non-hydrogen) atoms. The fourth-order valence-electron chi connectivity index (χ4n) is 2.95. The number of ether oxygens (including phenoxy) is 1. The topological polar surface area (TPSA) is 76.9 Å². The van der Waals surface area contributed by atoms with E-state index in [0.29, 0.717) is 29.8 Å². The van der Waals surface area contributed by atoms with Gasteiger partial charge in [0.1, 0.15) is 5.60 Å². The number of nitriles is 1. The van der Waals surface area contributed by atoms with Gasteiger partial charge in [0, 0.05) is 19.3 Å². The molecular weight excluding hydrogens is 404 g/mol. The lowest BCUT2D eigenvalue weighted by Crippen LogP contribution is -2.55. The second-order valence-electron chi connectivity index (χ2n) is 8.26. The Bertz CT molecular complexity index is 979. The highest BCUT2D eigenvalue weighted by molar-refractivity contribution is 5.98. The number of anilines is 2. The monoisotopic (exact) mass is 436 g/mol. The summed E-state index contributed by atoms with van der Waals surface area (Å²) in [7, 11) is 1.67. The van der Waals surface area contributed by atoms with Gasteiger partial charge >= 0.3 is 12.1 Å². The summed E-state index contributed by atoms with van der Waals surface area (Å²) >= 11 is 0. The van der Waals surface area contributed by atoms with Crippen LogP contribution in [0.2, 0.25) is 0 Å². The average molecular weight is 437 g/mol. The predicted octanol–water partition coefficient (Wildman–Crippen LogP) is 5.88. The van der Waals surface area contributed by atoms with E-state index in [4.69, 9.17) is 4.74 Å². The van der Waals surface area contributed by atoms with E-state index in [1.165, 1.54) is 14.9 Å². The van der Waals surface area contributed by atoms with E-state index >= 15 is 0 Å². The van der Waals surface area contributed by atoms with E-state index in [9.17, 15) is 14.9 Å². The molecule has 7 nitrogen and oxygen atoms in total. The van der Waals surface area contributed by atoms with Gasteiger partial charge in [-0.15, -0.1) is 0 Å². The SMILES string of the molecule is CCCN(C(=O)N(C)c1ccc(C)cc1)N(C(=O)OC(C)(C)CC)c1cccc(C#N)c1. The molecule has 3 amide bonds. The normalized spacial score (nSPS) is 10.8. The fraction of sp³-hybridized carbons (Fsp3) is 0.400. The molecule has 2 rings (SSSR count). The maximum absolute atomic E-state index is 13.6. The van der Waals surface area contributed by atoms with Gasteiger partial charge in [-0.3, -0.25) is 4.90 Å². The zero-order valence-corrected chi connectivity index (χ0v) is 19.8. The summed E-state index contributed by atoms with van der Waals surface area (Å²) in [5.41, 5.74) is 1.84. The van der Waals surface area contributed by atoms with Crippen molar-refractivity contribution in [2.24, 2.45) is 0 Å². The van der Waals surface area contributed by atoms with Gasteiger partial charge in [0.05, 0.1) is 17.3 Å². The molecule has 0 heterocycles. The summed E-state index contributed by atoms with van der Waals surface area (Å²) in [6, 6.07) is 15.8. The van der Waals surface area contributed by atoms with Crippen LogP contribution in [0.3, 0.4) is 0 Å². The molecule has 0 saturated carbocycles. The zero-order valence-electron chi connectivity index (χ0n) is 19.8. The Hall–Kier alpha value is -3.53. The lowest BCUT2D eigenvalue weighted by molar-refractivity contribution is 0.0335. The van der Waals surface area contributed by atoms with Crippen molar-refractivity contribution in [2.45, 2.75) is 53.1 Å². The number of benzene rings is 2. The van der Waals surface area contributed by atoms with Gasteiger partial charge in [0.2, 0.25) is 0 Å². The molecule has 170 valence electrons. The van der Waals surface area contributed by atoms with Gasteiger partial charge in [-0.25, -0.2) is 14.6 Å². The quantitative estimate of drug-likeness (QED) is 0.530. The van der Waals surface area contributed by atoms with Crippen molar-refractivity contribution in [3.8, 4) is 6.07 Å². The number of urea groups is 1. The number of carbonyl (C=O) groups excluding carboxylic acids is 2. The van der Waals surface area contributed by atoms with Crippen molar-refractivity contribution < 1.29 is 14.3 Å². The number of nitrogens with zero attached hydrogens (tertiary/aromatic N) is 4. The van der Waals surface area contributed by atoms with E-state index in [1.807, 2.05) is 58.9 Å². The van der Waals surface area contributed by atoms with Crippen LogP contribution >= 0.6 is 0 Å². The summed E-state index contributed by atoms with van der Waals surface area (Å²) in [6.07, 6.45) is 0.549. The van der Waals surface area contributed by atoms with Crippen molar-refractivity contribution >= 4 is 23.5 Å². The minimum atomic E-state index is -0.716. The van der Waals surface area contributed by atoms with Crippen LogP contribution in [0.4, 0.5) is 21.0 Å². The third-order valence-corrected chi connectivity index (χ3v) is 5.21. The van der Waals surface area contributed by atoms with Crippen LogP contribution in [0.5, 0.6) is 0 Å². The molecule has 0 bridgehead atoms. The molecule has 0 aliphatic carbocycles. The lowest BCUT2D eigenvalue weighted by Gasteiger charge is -2.38. The van der Waals surface area contributed by atoms with E-state index in [2.05, 4.69) is 6.07 Å². The van der Waals surface area contributed by atoms with Gasteiger partial charge in [-0.1, -0.05) is 37.6 Å². The molecule has 0 fully saturated rings. The first-order chi connectivity index (χ1) is 15.1. The molecule has 0 aliphatic rings. The van der Waals surface area contributed by atoms with Gasteiger partial charge in [0.25, 0.3) is 0 Å². The molecule has 0 N–H and O–H groups in total. The minimum absolute atomic E-state index is 0.285. The van der Waals surface area contributed by atoms with E-state index in [1.54, 1.807) is 31.3 Å². The molecule has 0 radical (unpaired) electrons. The molecule has 0 spiro atoms. The summed E-state index contributed by atoms with van der Waals surface area (Å²) in [5.74, 6) is 0. The standard InChI is InChI=1S/C25H32N4O3/c1-7-16-28(23(30)27(6)21-14-12-19(3)13-15-21)29(24(31)32-25(4,5)8-2)22-11-9-10-20(17-22)18-26/h9-15,17H,7-8,16H2,1-6H3. The predicted molar refractivity (Wildman–Crippen MR) is 126 cm³/mol. The number of hydrazine groups is 1. The van der Waals surface area contributed by atoms with Crippen molar-refractivity contribution in [3.05, 3.63) is 59.7 Å². The third-order valence-electron chi connectivity index (χ3n) is 5.21. The van der Waals surface area contributed by atoms with Gasteiger partial charge in [-0.2, -0.15) is 10.3 Å². The van der Waals surface area contributed by atoms with E-state index in [0.717, 1.165) is 5.56 Å². The maximum atomic E-state index is 13.6. The van der Waals surface area contributed by atoms with Crippen LogP contribution in [-0.4, -0.2) is 36.3 Å². The molecule has 0 unspecified atom stereocenters. The number of hydrogen-bond donors (Lipinski definition) is 0. The minimum Gasteiger partial charge on any atom is -0.442 e. The van der Waals surface area contributed by atoms with Gasteiger partial charge in [0.15, 0.2) is 0 Å². The van der Waals surface area contributed by atoms with E-state index in [-0.39, 0.29) is 12.6 Å². The first-order valence-corrected chi connectivity index (χ1v) is 10.8. The fourth-order valence-corrected chi connectivity index (χ4v) is 2.95. The molecule has 2 aromatic rings. The Labute approximate surface area is 190 Å². The Morgan fingerprint density at radius 3 is 2.28 bits per heavy atom. The molecular formula is C25H32N4O3. The molecule has 0 aliphatic heterocycles. The zero-order chi connectivity index (χ0) is 23.9. The molecule has 0 atom stereocenters. The molecule has 0 aromatic heterocycles.